The summed E-state index contributed by atoms with van der Waals surface area (Å²) in [5, 5.41) is 0.847. The third kappa shape index (κ3) is 2.85. The Labute approximate surface area is 137 Å². The van der Waals surface area contributed by atoms with Gasteiger partial charge in [-0.2, -0.15) is 0 Å². The molecule has 1 aromatic carbocycles. The van der Waals surface area contributed by atoms with Crippen LogP contribution in [0.15, 0.2) is 12.1 Å². The molecular formula is C15H11Cl3FNO. The van der Waals surface area contributed by atoms with Gasteiger partial charge in [0.25, 0.3) is 0 Å². The quantitative estimate of drug-likeness (QED) is 0.704. The molecule has 0 aliphatic carbocycles. The van der Waals surface area contributed by atoms with Crippen molar-refractivity contribution in [2.75, 3.05) is 6.61 Å². The fourth-order valence-corrected chi connectivity index (χ4v) is 2.81. The monoisotopic (exact) mass is 345 g/mol. The van der Waals surface area contributed by atoms with Crippen LogP contribution >= 0.6 is 34.8 Å². The Balaban J connectivity index is 2.65. The van der Waals surface area contributed by atoms with Crippen molar-refractivity contribution in [2.45, 2.75) is 6.92 Å². The molecule has 21 heavy (non-hydrogen) atoms. The van der Waals surface area contributed by atoms with Gasteiger partial charge in [-0.3, -0.25) is 0 Å². The molecule has 0 aliphatic heterocycles. The minimum Gasteiger partial charge on any atom is -0.479 e. The lowest BCUT2D eigenvalue weighted by atomic mass is 10.1. The molecule has 0 aliphatic rings. The van der Waals surface area contributed by atoms with Crippen molar-refractivity contribution in [2.24, 2.45) is 7.05 Å². The van der Waals surface area contributed by atoms with E-state index in [0.29, 0.717) is 15.7 Å². The first-order chi connectivity index (χ1) is 9.88. The zero-order valence-electron chi connectivity index (χ0n) is 11.3. The van der Waals surface area contributed by atoms with Crippen LogP contribution in [0.4, 0.5) is 4.39 Å². The maximum Gasteiger partial charge on any atom is 0.148 e. The fraction of sp³-hybridized carbons (Fsp3) is 0.200. The molecule has 0 radical (unpaired) electrons. The number of benzene rings is 1. The minimum atomic E-state index is -0.539. The van der Waals surface area contributed by atoms with E-state index < -0.39 is 5.82 Å². The molecule has 110 valence electrons. The molecule has 6 heteroatoms. The molecule has 0 saturated carbocycles. The van der Waals surface area contributed by atoms with E-state index >= 15 is 0 Å². The highest BCUT2D eigenvalue weighted by molar-refractivity contribution is 6.40. The Morgan fingerprint density at radius 2 is 2.00 bits per heavy atom. The van der Waals surface area contributed by atoms with Gasteiger partial charge in [0.1, 0.15) is 23.3 Å². The van der Waals surface area contributed by atoms with Gasteiger partial charge in [0.15, 0.2) is 0 Å². The van der Waals surface area contributed by atoms with Gasteiger partial charge >= 0.3 is 0 Å². The van der Waals surface area contributed by atoms with E-state index in [2.05, 4.69) is 5.92 Å². The highest BCUT2D eigenvalue weighted by Crippen LogP contribution is 2.42. The normalized spacial score (nSPS) is 10.5. The molecule has 2 aromatic rings. The first-order valence-electron chi connectivity index (χ1n) is 5.94. The Bertz CT molecular complexity index is 721. The average molecular weight is 347 g/mol. The van der Waals surface area contributed by atoms with Crippen LogP contribution in [0.1, 0.15) is 5.69 Å². The smallest absolute Gasteiger partial charge is 0.148 e. The summed E-state index contributed by atoms with van der Waals surface area (Å²) >= 11 is 18.4. The van der Waals surface area contributed by atoms with Crippen molar-refractivity contribution in [1.82, 2.24) is 4.57 Å². The van der Waals surface area contributed by atoms with Gasteiger partial charge in [-0.1, -0.05) is 40.7 Å². The van der Waals surface area contributed by atoms with E-state index in [9.17, 15) is 4.39 Å². The summed E-state index contributed by atoms with van der Waals surface area (Å²) in [4.78, 5) is 0. The van der Waals surface area contributed by atoms with Crippen LogP contribution in [0.3, 0.4) is 0 Å². The second-order valence-electron chi connectivity index (χ2n) is 4.38. The number of halogens is 4. The third-order valence-corrected chi connectivity index (χ3v) is 4.34. The molecule has 2 nitrogen and oxygen atoms in total. The van der Waals surface area contributed by atoms with Gasteiger partial charge in [0, 0.05) is 23.9 Å². The zero-order valence-corrected chi connectivity index (χ0v) is 13.6. The van der Waals surface area contributed by atoms with Gasteiger partial charge in [0.2, 0.25) is 0 Å². The largest absolute Gasteiger partial charge is 0.479 e. The topological polar surface area (TPSA) is 14.2 Å². The van der Waals surface area contributed by atoms with Crippen LogP contribution in [-0.2, 0) is 7.05 Å². The van der Waals surface area contributed by atoms with Crippen LogP contribution in [0.25, 0.3) is 11.1 Å². The van der Waals surface area contributed by atoms with Crippen molar-refractivity contribution in [3.8, 4) is 29.2 Å². The molecule has 0 bridgehead atoms. The van der Waals surface area contributed by atoms with Crippen molar-refractivity contribution in [3.63, 3.8) is 0 Å². The van der Waals surface area contributed by atoms with Gasteiger partial charge in [-0.05, 0) is 19.1 Å². The number of hydrogen-bond acceptors (Lipinski definition) is 1. The summed E-state index contributed by atoms with van der Waals surface area (Å²) in [6.07, 6.45) is 5.14. The van der Waals surface area contributed by atoms with E-state index in [1.54, 1.807) is 18.5 Å². The standard InChI is InChI=1S/C15H11Cl3FNO/c1-4-5-21-12-6-9(11(19)7-10(12)16)13-14(17)8(2)20(3)15(13)18/h1,6-7H,5H2,2-3H3. The molecular weight excluding hydrogens is 336 g/mol. The first kappa shape index (κ1) is 16.0. The van der Waals surface area contributed by atoms with Crippen molar-refractivity contribution in [3.05, 3.63) is 38.8 Å². The number of nitrogens with zero attached hydrogens (tertiary/aromatic N) is 1. The summed E-state index contributed by atoms with van der Waals surface area (Å²) in [6, 6.07) is 2.60. The minimum absolute atomic E-state index is 0.0279. The Morgan fingerprint density at radius 1 is 1.33 bits per heavy atom. The zero-order chi connectivity index (χ0) is 15.7. The molecule has 0 spiro atoms. The summed E-state index contributed by atoms with van der Waals surface area (Å²) in [6.45, 7) is 1.82. The van der Waals surface area contributed by atoms with Gasteiger partial charge in [-0.25, -0.2) is 4.39 Å². The first-order valence-corrected chi connectivity index (χ1v) is 7.07. The van der Waals surface area contributed by atoms with E-state index in [1.165, 1.54) is 6.07 Å². The van der Waals surface area contributed by atoms with Crippen molar-refractivity contribution in [1.29, 1.82) is 0 Å². The predicted octanol–water partition coefficient (Wildman–Crippen LogP) is 5.11. The number of terminal acetylenes is 1. The second-order valence-corrected chi connectivity index (χ2v) is 5.52. The number of rotatable bonds is 3. The second kappa shape index (κ2) is 6.19. The summed E-state index contributed by atoms with van der Waals surface area (Å²) in [5.41, 5.74) is 1.35. The molecule has 0 saturated heterocycles. The molecule has 0 N–H and O–H groups in total. The maximum atomic E-state index is 14.2. The molecule has 0 unspecified atom stereocenters. The molecule has 0 atom stereocenters. The number of ether oxygens (including phenoxy) is 1. The fourth-order valence-electron chi connectivity index (χ4n) is 1.91. The van der Waals surface area contributed by atoms with Crippen LogP contribution in [0.5, 0.6) is 5.75 Å². The van der Waals surface area contributed by atoms with Gasteiger partial charge in [0.05, 0.1) is 10.0 Å². The average Bonchev–Trinajstić information content (AvgIpc) is 2.63. The molecule has 0 amide bonds. The third-order valence-electron chi connectivity index (χ3n) is 3.14. The Hall–Kier alpha value is -1.34. The van der Waals surface area contributed by atoms with Gasteiger partial charge in [-0.15, -0.1) is 6.42 Å². The molecule has 0 fully saturated rings. The molecule has 2 rings (SSSR count). The number of aromatic nitrogens is 1. The summed E-state index contributed by atoms with van der Waals surface area (Å²) in [5.74, 6) is 2.06. The molecule has 1 aromatic heterocycles. The van der Waals surface area contributed by atoms with E-state index in [1.807, 2.05) is 0 Å². The van der Waals surface area contributed by atoms with Crippen molar-refractivity contribution >= 4 is 34.8 Å². The lowest BCUT2D eigenvalue weighted by Crippen LogP contribution is -1.96. The Kier molecular flexibility index (Phi) is 4.73. The molecule has 1 heterocycles. The van der Waals surface area contributed by atoms with Gasteiger partial charge < -0.3 is 9.30 Å². The maximum absolute atomic E-state index is 14.2. The van der Waals surface area contributed by atoms with Crippen LogP contribution in [0.2, 0.25) is 15.2 Å². The van der Waals surface area contributed by atoms with E-state index in [0.717, 1.165) is 11.8 Å². The van der Waals surface area contributed by atoms with E-state index in [4.69, 9.17) is 46.0 Å². The van der Waals surface area contributed by atoms with Crippen LogP contribution in [0, 0.1) is 25.1 Å². The van der Waals surface area contributed by atoms with Crippen LogP contribution in [-0.4, -0.2) is 11.2 Å². The lowest BCUT2D eigenvalue weighted by molar-refractivity contribution is 0.370. The summed E-state index contributed by atoms with van der Waals surface area (Å²) < 4.78 is 21.2. The van der Waals surface area contributed by atoms with Crippen molar-refractivity contribution < 1.29 is 9.13 Å². The lowest BCUT2D eigenvalue weighted by Gasteiger charge is -2.09. The SMILES string of the molecule is C#CCOc1cc(-c2c(Cl)c(C)n(C)c2Cl)c(F)cc1Cl. The Morgan fingerprint density at radius 3 is 2.52 bits per heavy atom. The number of hydrogen-bond donors (Lipinski definition) is 0. The highest BCUT2D eigenvalue weighted by Gasteiger charge is 2.21. The van der Waals surface area contributed by atoms with E-state index in [-0.39, 0.29) is 22.9 Å². The highest BCUT2D eigenvalue weighted by atomic mass is 35.5. The summed E-state index contributed by atoms with van der Waals surface area (Å²) in [7, 11) is 1.75. The predicted molar refractivity (Wildman–Crippen MR) is 84.9 cm³/mol. The van der Waals surface area contributed by atoms with Crippen LogP contribution < -0.4 is 4.74 Å².